The number of alkyl halides is 1. The van der Waals surface area contributed by atoms with Crippen LogP contribution in [0.15, 0.2) is 162 Å². The highest BCUT2D eigenvalue weighted by Crippen LogP contribution is 2.45. The Morgan fingerprint density at radius 2 is 0.912 bits per heavy atom. The number of methoxy groups -OCH3 is 1. The first-order valence-electron chi connectivity index (χ1n) is 32.5. The van der Waals surface area contributed by atoms with Gasteiger partial charge < -0.3 is 39.4 Å². The Bertz CT molecular complexity index is 5150. The van der Waals surface area contributed by atoms with Gasteiger partial charge in [0.2, 0.25) is 0 Å². The maximum Gasteiger partial charge on any atom is 0.410 e. The number of aromatic nitrogens is 4. The van der Waals surface area contributed by atoms with Crippen LogP contribution in [0.1, 0.15) is 98.4 Å². The molecule has 8 aromatic carbocycles. The summed E-state index contributed by atoms with van der Waals surface area (Å²) in [5, 5.41) is 18.4. The van der Waals surface area contributed by atoms with Gasteiger partial charge in [0.05, 0.1) is 19.6 Å². The molecule has 12 aromatic rings. The molecular formula is C76H63BrCl5F5N8O7. The molecule has 26 heteroatoms. The quantitative estimate of drug-likeness (QED) is 0.0595. The van der Waals surface area contributed by atoms with Crippen LogP contribution in [0.25, 0.3) is 43.6 Å². The van der Waals surface area contributed by atoms with E-state index in [0.717, 1.165) is 107 Å². The number of carbonyl (C=O) groups is 3. The number of nitrogens with one attached hydrogen (secondary N) is 4. The molecule has 4 atom stereocenters. The second kappa shape index (κ2) is 30.7. The summed E-state index contributed by atoms with van der Waals surface area (Å²) < 4.78 is 86.5. The van der Waals surface area contributed by atoms with Crippen molar-refractivity contribution in [3.05, 3.63) is 279 Å². The first-order chi connectivity index (χ1) is 49.2. The lowest BCUT2D eigenvalue weighted by molar-refractivity contribution is -0.122. The van der Waals surface area contributed by atoms with Crippen LogP contribution in [0.3, 0.4) is 0 Å². The summed E-state index contributed by atoms with van der Waals surface area (Å²) in [7, 11) is 1.35. The Morgan fingerprint density at radius 3 is 1.43 bits per heavy atom. The molecule has 8 heterocycles. The maximum absolute atomic E-state index is 14.6. The van der Waals surface area contributed by atoms with Crippen LogP contribution >= 0.6 is 73.9 Å². The van der Waals surface area contributed by atoms with E-state index in [-0.39, 0.29) is 36.5 Å². The Kier molecular flexibility index (Phi) is 21.5. The van der Waals surface area contributed by atoms with Gasteiger partial charge in [0.25, 0.3) is 0 Å². The summed E-state index contributed by atoms with van der Waals surface area (Å²) in [5.74, 6) is -2.75. The van der Waals surface area contributed by atoms with E-state index < -0.39 is 59.7 Å². The molecule has 4 aromatic heterocycles. The van der Waals surface area contributed by atoms with Crippen LogP contribution in [0.4, 0.5) is 36.3 Å². The summed E-state index contributed by atoms with van der Waals surface area (Å²) in [4.78, 5) is 55.4. The number of nitrogens with zero attached hydrogens (tertiary/aromatic N) is 4. The second-order valence-electron chi connectivity index (χ2n) is 24.6. The molecule has 3 amide bonds. The van der Waals surface area contributed by atoms with Crippen molar-refractivity contribution in [2.45, 2.75) is 56.8 Å². The third-order valence-corrected chi connectivity index (χ3v) is 20.2. The van der Waals surface area contributed by atoms with Gasteiger partial charge in [-0.15, -0.1) is 11.6 Å². The third kappa shape index (κ3) is 14.6. The molecule has 0 saturated carbocycles. The van der Waals surface area contributed by atoms with E-state index >= 15 is 0 Å². The molecular weight excluding hydrogens is 1490 g/mol. The van der Waals surface area contributed by atoms with E-state index in [9.17, 15) is 41.5 Å². The highest BCUT2D eigenvalue weighted by molar-refractivity contribution is 9.10. The van der Waals surface area contributed by atoms with Crippen molar-refractivity contribution in [2.75, 3.05) is 52.4 Å². The smallest absolute Gasteiger partial charge is 0.410 e. The number of hydrogen-bond donors (Lipinski definition) is 5. The van der Waals surface area contributed by atoms with Crippen molar-refractivity contribution < 1.29 is 55.8 Å². The van der Waals surface area contributed by atoms with Gasteiger partial charge in [-0.2, -0.15) is 5.06 Å². The number of hydrogen-bond acceptors (Lipinski definition) is 8. The molecule has 4 aliphatic heterocycles. The zero-order valence-corrected chi connectivity index (χ0v) is 59.8. The minimum atomic E-state index is -0.810. The van der Waals surface area contributed by atoms with Crippen LogP contribution < -0.4 is 0 Å². The van der Waals surface area contributed by atoms with E-state index in [0.29, 0.717) is 88.0 Å². The van der Waals surface area contributed by atoms with E-state index in [2.05, 4.69) is 48.0 Å². The predicted molar refractivity (Wildman–Crippen MR) is 389 cm³/mol. The average molecular weight is 1550 g/mol. The number of carbonyl (C=O) groups excluding carboxylic acids is 3. The first kappa shape index (κ1) is 71.6. The normalized spacial score (nSPS) is 16.9. The van der Waals surface area contributed by atoms with Crippen molar-refractivity contribution in [3.8, 4) is 0 Å². The van der Waals surface area contributed by atoms with Gasteiger partial charge in [-0.3, -0.25) is 14.7 Å². The Morgan fingerprint density at radius 1 is 0.471 bits per heavy atom. The highest BCUT2D eigenvalue weighted by Gasteiger charge is 2.40. The number of hydroxylamine groups is 2. The van der Waals surface area contributed by atoms with Crippen LogP contribution in [0.5, 0.6) is 0 Å². The largest absolute Gasteiger partial charge is 0.453 e. The standard InChI is InChI=1S/C20H16Cl2F2N2O2.C20H17ClF2N2O2.C19H16ClFN2O2.C17H14BrClN2O/c21-4-6-28-20(27)26-5-3-15-16-9-12(22)1-2-17(16)25-18(15)19(26)11-7-13(23)10-14(24)8-11;1-2-27-20(26)25-8-7-13-14-9-11(21)3-6-17(14)24-18(13)19(25)15-10-12(22)4-5-16(15)23;1-25-19(24)23-8-7-14-15-10-12(20)5-6-16(15)22-17(14)18(23)11-3-2-4-13(21)9-11;18-11-3-6-15-14(9-11)13-7-8-21(22)17(16(13)20-15)10-1-4-12(19)5-2-10/h1-2,7-10,19,25H,3-6H2;3-6,9-10,19,24H,2,7-8H2,1H3;2-6,9-10,18,22H,7-8H2,1H3;1-6,9,17,20,22H,7-8H2. The summed E-state index contributed by atoms with van der Waals surface area (Å²) >= 11 is 33.5. The molecule has 16 rings (SSSR count). The van der Waals surface area contributed by atoms with Crippen LogP contribution in [-0.2, 0) is 39.9 Å². The highest BCUT2D eigenvalue weighted by atomic mass is 79.9. The third-order valence-electron chi connectivity index (χ3n) is 18.6. The number of benzene rings is 8. The minimum Gasteiger partial charge on any atom is -0.453 e. The maximum atomic E-state index is 14.6. The number of fused-ring (bicyclic) bond motifs is 12. The van der Waals surface area contributed by atoms with Crippen LogP contribution in [-0.4, -0.2) is 116 Å². The van der Waals surface area contributed by atoms with Gasteiger partial charge in [0.1, 0.15) is 59.9 Å². The lowest BCUT2D eigenvalue weighted by atomic mass is 9.92. The topological polar surface area (TPSA) is 175 Å². The van der Waals surface area contributed by atoms with Crippen molar-refractivity contribution >= 4 is 136 Å². The fraction of sp³-hybridized carbons (Fsp3) is 0.224. The van der Waals surface area contributed by atoms with E-state index in [1.807, 2.05) is 78.9 Å². The zero-order valence-electron chi connectivity index (χ0n) is 54.4. The Balaban J connectivity index is 0.000000122. The molecule has 0 spiro atoms. The molecule has 526 valence electrons. The van der Waals surface area contributed by atoms with Crippen LogP contribution in [0.2, 0.25) is 20.1 Å². The van der Waals surface area contributed by atoms with Crippen molar-refractivity contribution in [1.82, 2.24) is 39.7 Å². The van der Waals surface area contributed by atoms with E-state index in [4.69, 9.17) is 72.2 Å². The fourth-order valence-electron chi connectivity index (χ4n) is 14.3. The van der Waals surface area contributed by atoms with Crippen LogP contribution in [0, 0.1) is 29.1 Å². The summed E-state index contributed by atoms with van der Waals surface area (Å²) in [6, 6.07) is 41.1. The van der Waals surface area contributed by atoms with Gasteiger partial charge in [0, 0.05) is 129 Å². The minimum absolute atomic E-state index is 0.0519. The fourth-order valence-corrected chi connectivity index (χ4v) is 15.4. The number of rotatable bonds is 7. The molecule has 0 radical (unpaired) electrons. The van der Waals surface area contributed by atoms with Crippen molar-refractivity contribution in [3.63, 3.8) is 0 Å². The monoisotopic (exact) mass is 1550 g/mol. The molecule has 102 heavy (non-hydrogen) atoms. The summed E-state index contributed by atoms with van der Waals surface area (Å²) in [6.07, 6.45) is 1.04. The number of aromatic amines is 4. The molecule has 4 unspecified atom stereocenters. The van der Waals surface area contributed by atoms with Crippen molar-refractivity contribution in [1.29, 1.82) is 0 Å². The molecule has 0 fully saturated rings. The number of ether oxygens (including phenoxy) is 3. The first-order valence-corrected chi connectivity index (χ1v) is 35.4. The van der Waals surface area contributed by atoms with E-state index in [1.165, 1.54) is 57.2 Å². The lowest BCUT2D eigenvalue weighted by Crippen LogP contribution is -2.41. The molecule has 0 saturated heterocycles. The SMILES string of the molecule is CCOC(=O)N1CCc2c([nH]c3ccc(Cl)cc23)C1c1cc(F)ccc1F.COC(=O)N1CCc2c([nH]c3ccc(Cl)cc23)C1c1cccc(F)c1.O=C(OCCCl)N1CCc2c([nH]c3ccc(Cl)cc23)C1c1cc(F)cc(F)c1.ON1CCc2c([nH]c3ccc(Br)cc23)C1c1ccc(Cl)cc1. The zero-order chi connectivity index (χ0) is 71.8. The van der Waals surface area contributed by atoms with Gasteiger partial charge in [-0.05, 0) is 199 Å². The summed E-state index contributed by atoms with van der Waals surface area (Å²) in [5.41, 5.74) is 13.4. The van der Waals surface area contributed by atoms with Gasteiger partial charge >= 0.3 is 18.3 Å². The molecule has 5 N–H and O–H groups in total. The Labute approximate surface area is 615 Å². The number of H-pyrrole nitrogens is 4. The predicted octanol–water partition coefficient (Wildman–Crippen LogP) is 20.2. The molecule has 15 nitrogen and oxygen atoms in total. The second-order valence-corrected chi connectivity index (χ2v) is 27.7. The molecule has 0 bridgehead atoms. The average Bonchev–Trinajstić information content (AvgIpc) is 1.60. The molecule has 0 aliphatic carbocycles. The number of halogens is 11. The van der Waals surface area contributed by atoms with E-state index in [1.54, 1.807) is 30.0 Å². The summed E-state index contributed by atoms with van der Waals surface area (Å²) in [6.45, 7) is 3.71. The van der Waals surface area contributed by atoms with Crippen molar-refractivity contribution in [2.24, 2.45) is 0 Å². The number of amides is 3. The van der Waals surface area contributed by atoms with Gasteiger partial charge in [-0.25, -0.2) is 36.3 Å². The van der Waals surface area contributed by atoms with Gasteiger partial charge in [-0.1, -0.05) is 86.6 Å². The van der Waals surface area contributed by atoms with Gasteiger partial charge in [0.15, 0.2) is 0 Å². The lowest BCUT2D eigenvalue weighted by Gasteiger charge is -2.35. The Hall–Kier alpha value is -8.77. The molecule has 4 aliphatic rings.